The van der Waals surface area contributed by atoms with Crippen LogP contribution in [0.2, 0.25) is 0 Å². The summed E-state index contributed by atoms with van der Waals surface area (Å²) in [6.07, 6.45) is 2.59. The third kappa shape index (κ3) is 4.51. The molecule has 0 aliphatic heterocycles. The molecule has 0 spiro atoms. The number of rotatable bonds is 6. The number of nitrogens with zero attached hydrogens (tertiary/aromatic N) is 2. The Morgan fingerprint density at radius 3 is 2.40 bits per heavy atom. The van der Waals surface area contributed by atoms with E-state index in [-0.39, 0.29) is 11.3 Å². The van der Waals surface area contributed by atoms with Gasteiger partial charge in [-0.15, -0.1) is 0 Å². The van der Waals surface area contributed by atoms with Crippen LogP contribution >= 0.6 is 0 Å². The number of carbonyl (C=O) groups excluding carboxylic acids is 2. The summed E-state index contributed by atoms with van der Waals surface area (Å²) >= 11 is 0. The van der Waals surface area contributed by atoms with E-state index in [1.807, 2.05) is 6.92 Å². The minimum absolute atomic E-state index is 0.0541. The van der Waals surface area contributed by atoms with E-state index in [4.69, 9.17) is 0 Å². The summed E-state index contributed by atoms with van der Waals surface area (Å²) in [5.41, 5.74) is 3.45. The van der Waals surface area contributed by atoms with Crippen molar-refractivity contribution in [3.05, 3.63) is 75.7 Å². The molecule has 7 nitrogen and oxygen atoms in total. The van der Waals surface area contributed by atoms with Crippen LogP contribution in [-0.4, -0.2) is 21.6 Å². The smallest absolute Gasteiger partial charge is 0.267 e. The number of amides is 2. The maximum Gasteiger partial charge on any atom is 0.290 e. The molecule has 0 saturated heterocycles. The molecule has 0 bridgehead atoms. The summed E-state index contributed by atoms with van der Waals surface area (Å²) in [6.45, 7) is 2.38. The van der Waals surface area contributed by atoms with Crippen molar-refractivity contribution >= 4 is 22.6 Å². The predicted octanol–water partition coefficient (Wildman–Crippen LogP) is 2.94. The average molecular weight is 414 g/mol. The minimum Gasteiger partial charge on any atom is -0.267 e. The molecule has 0 saturated carbocycles. The monoisotopic (exact) mass is 414 g/mol. The summed E-state index contributed by atoms with van der Waals surface area (Å²) in [5, 5.41) is 4.82. The SMILES string of the molecule is CCCCCn1nc(C(=O)NNC(=O)c2ccc(F)cc2F)c2ccccc2c1=O. The molecular weight excluding hydrogens is 394 g/mol. The Kier molecular flexibility index (Phi) is 6.51. The number of hydrogen-bond donors (Lipinski definition) is 2. The van der Waals surface area contributed by atoms with Crippen LogP contribution in [-0.2, 0) is 6.54 Å². The third-order valence-electron chi connectivity index (χ3n) is 4.52. The minimum atomic E-state index is -1.06. The second-order valence-corrected chi connectivity index (χ2v) is 6.66. The molecule has 30 heavy (non-hydrogen) atoms. The van der Waals surface area contributed by atoms with Crippen LogP contribution < -0.4 is 16.4 Å². The first kappa shape index (κ1) is 21.1. The largest absolute Gasteiger partial charge is 0.290 e. The van der Waals surface area contributed by atoms with Gasteiger partial charge in [-0.05, 0) is 24.6 Å². The topological polar surface area (TPSA) is 93.1 Å². The first-order valence-electron chi connectivity index (χ1n) is 9.48. The molecule has 2 amide bonds. The highest BCUT2D eigenvalue weighted by atomic mass is 19.1. The molecule has 0 atom stereocenters. The van der Waals surface area contributed by atoms with Crippen molar-refractivity contribution in [2.75, 3.05) is 0 Å². The number of aromatic nitrogens is 2. The number of nitrogens with one attached hydrogen (secondary N) is 2. The second kappa shape index (κ2) is 9.25. The number of halogens is 2. The van der Waals surface area contributed by atoms with Gasteiger partial charge in [0, 0.05) is 18.0 Å². The number of hydrogen-bond acceptors (Lipinski definition) is 4. The van der Waals surface area contributed by atoms with Crippen molar-refractivity contribution in [3.8, 4) is 0 Å². The van der Waals surface area contributed by atoms with Gasteiger partial charge in [0.1, 0.15) is 11.6 Å². The fourth-order valence-corrected chi connectivity index (χ4v) is 2.98. The lowest BCUT2D eigenvalue weighted by molar-refractivity contribution is 0.0841. The van der Waals surface area contributed by atoms with E-state index in [1.54, 1.807) is 24.3 Å². The van der Waals surface area contributed by atoms with E-state index in [9.17, 15) is 23.2 Å². The lowest BCUT2D eigenvalue weighted by atomic mass is 10.1. The maximum atomic E-state index is 13.7. The van der Waals surface area contributed by atoms with Crippen LogP contribution in [0.5, 0.6) is 0 Å². The highest BCUT2D eigenvalue weighted by Gasteiger charge is 2.18. The van der Waals surface area contributed by atoms with Crippen molar-refractivity contribution < 1.29 is 18.4 Å². The van der Waals surface area contributed by atoms with E-state index in [0.29, 0.717) is 23.4 Å². The Morgan fingerprint density at radius 1 is 1.00 bits per heavy atom. The van der Waals surface area contributed by atoms with Crippen LogP contribution in [0, 0.1) is 11.6 Å². The highest BCUT2D eigenvalue weighted by molar-refractivity contribution is 6.06. The Morgan fingerprint density at radius 2 is 1.70 bits per heavy atom. The van der Waals surface area contributed by atoms with Crippen LogP contribution in [0.1, 0.15) is 47.0 Å². The lowest BCUT2D eigenvalue weighted by Crippen LogP contribution is -2.43. The van der Waals surface area contributed by atoms with Crippen molar-refractivity contribution in [2.24, 2.45) is 0 Å². The molecule has 1 heterocycles. The first-order valence-corrected chi connectivity index (χ1v) is 9.48. The molecule has 0 aliphatic rings. The average Bonchev–Trinajstić information content (AvgIpc) is 2.73. The second-order valence-electron chi connectivity index (χ2n) is 6.66. The summed E-state index contributed by atoms with van der Waals surface area (Å²) in [7, 11) is 0. The molecule has 1 aromatic heterocycles. The van der Waals surface area contributed by atoms with E-state index in [0.717, 1.165) is 31.4 Å². The van der Waals surface area contributed by atoms with Crippen molar-refractivity contribution in [1.82, 2.24) is 20.6 Å². The summed E-state index contributed by atoms with van der Waals surface area (Å²) < 4.78 is 28.0. The van der Waals surface area contributed by atoms with Crippen molar-refractivity contribution in [2.45, 2.75) is 32.7 Å². The molecule has 2 aromatic carbocycles. The molecule has 9 heteroatoms. The number of fused-ring (bicyclic) bond motifs is 1. The van der Waals surface area contributed by atoms with Crippen LogP contribution in [0.25, 0.3) is 10.8 Å². The number of benzene rings is 2. The molecule has 3 rings (SSSR count). The number of carbonyl (C=O) groups is 2. The summed E-state index contributed by atoms with van der Waals surface area (Å²) in [5.74, 6) is -3.61. The van der Waals surface area contributed by atoms with Gasteiger partial charge in [-0.2, -0.15) is 5.10 Å². The van der Waals surface area contributed by atoms with Gasteiger partial charge < -0.3 is 0 Å². The van der Waals surface area contributed by atoms with Crippen LogP contribution in [0.4, 0.5) is 8.78 Å². The van der Waals surface area contributed by atoms with Gasteiger partial charge in [0.25, 0.3) is 17.4 Å². The van der Waals surface area contributed by atoms with E-state index in [1.165, 1.54) is 4.68 Å². The molecule has 2 N–H and O–H groups in total. The normalized spacial score (nSPS) is 10.8. The fraction of sp³-hybridized carbons (Fsp3) is 0.238. The Hall–Kier alpha value is -3.62. The molecule has 3 aromatic rings. The zero-order valence-electron chi connectivity index (χ0n) is 16.2. The number of hydrazine groups is 1. The predicted molar refractivity (Wildman–Crippen MR) is 107 cm³/mol. The molecule has 0 radical (unpaired) electrons. The van der Waals surface area contributed by atoms with Gasteiger partial charge in [0.2, 0.25) is 0 Å². The zero-order valence-corrected chi connectivity index (χ0v) is 16.2. The van der Waals surface area contributed by atoms with Crippen molar-refractivity contribution in [1.29, 1.82) is 0 Å². The molecule has 0 fully saturated rings. The van der Waals surface area contributed by atoms with Gasteiger partial charge in [-0.25, -0.2) is 13.5 Å². The molecule has 0 unspecified atom stereocenters. The van der Waals surface area contributed by atoms with Crippen LogP contribution in [0.3, 0.4) is 0 Å². The Bertz CT molecular complexity index is 1160. The zero-order chi connectivity index (χ0) is 21.7. The van der Waals surface area contributed by atoms with Gasteiger partial charge in [-0.3, -0.25) is 25.2 Å². The summed E-state index contributed by atoms with van der Waals surface area (Å²) in [4.78, 5) is 37.4. The third-order valence-corrected chi connectivity index (χ3v) is 4.52. The van der Waals surface area contributed by atoms with Gasteiger partial charge >= 0.3 is 0 Å². The van der Waals surface area contributed by atoms with Gasteiger partial charge in [0.05, 0.1) is 10.9 Å². The number of unbranched alkanes of at least 4 members (excludes halogenated alkanes) is 2. The molecular formula is C21H20F2N4O3. The molecule has 156 valence electrons. The Labute approximate surface area is 170 Å². The van der Waals surface area contributed by atoms with E-state index in [2.05, 4.69) is 16.0 Å². The first-order chi connectivity index (χ1) is 14.4. The standard InChI is InChI=1S/C21H20F2N4O3/c1-2-3-6-11-27-21(30)15-8-5-4-7-14(15)18(26-27)20(29)25-24-19(28)16-10-9-13(22)12-17(16)23/h4-5,7-10,12H,2-3,6,11H2,1H3,(H,24,28)(H,25,29). The van der Waals surface area contributed by atoms with E-state index < -0.39 is 29.0 Å². The summed E-state index contributed by atoms with van der Waals surface area (Å²) in [6, 6.07) is 8.98. The van der Waals surface area contributed by atoms with Crippen LogP contribution in [0.15, 0.2) is 47.3 Å². The van der Waals surface area contributed by atoms with E-state index >= 15 is 0 Å². The number of aryl methyl sites for hydroxylation is 1. The van der Waals surface area contributed by atoms with Crippen molar-refractivity contribution in [3.63, 3.8) is 0 Å². The van der Waals surface area contributed by atoms with Gasteiger partial charge in [-0.1, -0.05) is 38.0 Å². The lowest BCUT2D eigenvalue weighted by Gasteiger charge is -2.12. The Balaban J connectivity index is 1.85. The maximum absolute atomic E-state index is 13.7. The quantitative estimate of drug-likeness (QED) is 0.479. The highest BCUT2D eigenvalue weighted by Crippen LogP contribution is 2.14. The fourth-order valence-electron chi connectivity index (χ4n) is 2.98. The molecule has 0 aliphatic carbocycles. The van der Waals surface area contributed by atoms with Gasteiger partial charge in [0.15, 0.2) is 5.69 Å².